The van der Waals surface area contributed by atoms with E-state index in [1.54, 1.807) is 84.9 Å². The molecule has 0 spiro atoms. The van der Waals surface area contributed by atoms with Crippen LogP contribution in [-0.2, 0) is 6.61 Å². The molecule has 0 saturated heterocycles. The summed E-state index contributed by atoms with van der Waals surface area (Å²) in [4.78, 5) is 0. The maximum Gasteiger partial charge on any atom is 0.167 e. The Morgan fingerprint density at radius 1 is 0.697 bits per heavy atom. The van der Waals surface area contributed by atoms with Crippen molar-refractivity contribution in [1.29, 1.82) is 0 Å². The van der Waals surface area contributed by atoms with E-state index in [1.165, 1.54) is 13.2 Å². The highest BCUT2D eigenvalue weighted by molar-refractivity contribution is 5.74. The summed E-state index contributed by atoms with van der Waals surface area (Å²) < 4.78 is 48.4. The average Bonchev–Trinajstić information content (AvgIpc) is 2.85. The first-order valence-corrected chi connectivity index (χ1v) is 10.3. The van der Waals surface area contributed by atoms with Gasteiger partial charge in [-0.25, -0.2) is 13.2 Å². The molecule has 5 heteroatoms. The third-order valence-corrected chi connectivity index (χ3v) is 5.40. The van der Waals surface area contributed by atoms with Crippen LogP contribution in [0.1, 0.15) is 16.7 Å². The Labute approximate surface area is 190 Å². The summed E-state index contributed by atoms with van der Waals surface area (Å²) in [6, 6.07) is 21.4. The van der Waals surface area contributed by atoms with Crippen LogP contribution >= 0.6 is 0 Å². The van der Waals surface area contributed by atoms with Gasteiger partial charge in [-0.15, -0.1) is 0 Å². The van der Waals surface area contributed by atoms with Gasteiger partial charge in [-0.3, -0.25) is 0 Å². The molecule has 0 aliphatic heterocycles. The fourth-order valence-corrected chi connectivity index (χ4v) is 3.54. The summed E-state index contributed by atoms with van der Waals surface area (Å²) in [6.07, 6.45) is 3.57. The molecule has 1 N–H and O–H groups in total. The molecule has 166 valence electrons. The third kappa shape index (κ3) is 4.83. The molecule has 4 aromatic rings. The van der Waals surface area contributed by atoms with Gasteiger partial charge in [0.2, 0.25) is 0 Å². The van der Waals surface area contributed by atoms with Gasteiger partial charge in [0, 0.05) is 11.1 Å². The van der Waals surface area contributed by atoms with Crippen LogP contribution in [0.2, 0.25) is 0 Å². The molecule has 0 unspecified atom stereocenters. The predicted octanol–water partition coefficient (Wildman–Crippen LogP) is 7.11. The first kappa shape index (κ1) is 22.4. The van der Waals surface area contributed by atoms with Crippen molar-refractivity contribution in [1.82, 2.24) is 0 Å². The monoisotopic (exact) mass is 446 g/mol. The highest BCUT2D eigenvalue weighted by Crippen LogP contribution is 2.32. The second-order valence-corrected chi connectivity index (χ2v) is 7.49. The lowest BCUT2D eigenvalue weighted by Gasteiger charge is -2.10. The number of aliphatic hydroxyl groups excluding tert-OH is 1. The Morgan fingerprint density at radius 2 is 1.21 bits per heavy atom. The van der Waals surface area contributed by atoms with E-state index in [1.807, 2.05) is 0 Å². The minimum Gasteiger partial charge on any atom is -0.494 e. The van der Waals surface area contributed by atoms with Crippen molar-refractivity contribution in [3.63, 3.8) is 0 Å². The van der Waals surface area contributed by atoms with Crippen LogP contribution in [0.3, 0.4) is 0 Å². The predicted molar refractivity (Wildman–Crippen MR) is 125 cm³/mol. The second kappa shape index (κ2) is 9.76. The van der Waals surface area contributed by atoms with Crippen molar-refractivity contribution in [2.75, 3.05) is 7.11 Å². The molecule has 0 heterocycles. The quantitative estimate of drug-likeness (QED) is 0.320. The lowest BCUT2D eigenvalue weighted by Crippen LogP contribution is -1.94. The minimum atomic E-state index is -0.922. The van der Waals surface area contributed by atoms with E-state index in [0.717, 1.165) is 5.56 Å². The van der Waals surface area contributed by atoms with Crippen LogP contribution in [0.25, 0.3) is 34.4 Å². The number of methoxy groups -OCH3 is 1. The highest BCUT2D eigenvalue weighted by atomic mass is 19.2. The van der Waals surface area contributed by atoms with Crippen molar-refractivity contribution in [2.24, 2.45) is 0 Å². The van der Waals surface area contributed by atoms with E-state index < -0.39 is 17.5 Å². The maximum atomic E-state index is 14.9. The highest BCUT2D eigenvalue weighted by Gasteiger charge is 2.16. The Bertz CT molecular complexity index is 1290. The zero-order valence-electron chi connectivity index (χ0n) is 17.9. The van der Waals surface area contributed by atoms with Crippen molar-refractivity contribution < 1.29 is 23.0 Å². The summed E-state index contributed by atoms with van der Waals surface area (Å²) in [6.45, 7) is -0.113. The third-order valence-electron chi connectivity index (χ3n) is 5.40. The van der Waals surface area contributed by atoms with Crippen LogP contribution in [0.5, 0.6) is 5.75 Å². The number of hydrogen-bond acceptors (Lipinski definition) is 2. The standard InChI is InChI=1S/C28H21F3O2/c1-33-26-15-8-19(16-25(26)29)3-2-18-4-9-21(10-5-18)23-13-14-24(28(31)27(23)30)22-11-6-20(17-32)7-12-22/h2-16,32H,17H2,1H3/b3-2+. The van der Waals surface area contributed by atoms with Gasteiger partial charge in [-0.1, -0.05) is 78.9 Å². The number of benzene rings is 4. The summed E-state index contributed by atoms with van der Waals surface area (Å²) in [5, 5.41) is 9.14. The molecule has 0 aliphatic rings. The first-order valence-electron chi connectivity index (χ1n) is 10.3. The van der Waals surface area contributed by atoms with Crippen LogP contribution in [0, 0.1) is 17.5 Å². The lowest BCUT2D eigenvalue weighted by atomic mass is 9.97. The molecule has 33 heavy (non-hydrogen) atoms. The molecule has 4 aromatic carbocycles. The number of rotatable bonds is 6. The number of hydrogen-bond donors (Lipinski definition) is 1. The molecular formula is C28H21F3O2. The Kier molecular flexibility index (Phi) is 6.61. The molecular weight excluding hydrogens is 425 g/mol. The number of ether oxygens (including phenoxy) is 1. The van der Waals surface area contributed by atoms with E-state index in [4.69, 9.17) is 9.84 Å². The van der Waals surface area contributed by atoms with Crippen LogP contribution in [0.15, 0.2) is 78.9 Å². The van der Waals surface area contributed by atoms with Gasteiger partial charge in [-0.05, 0) is 39.9 Å². The van der Waals surface area contributed by atoms with Crippen LogP contribution in [-0.4, -0.2) is 12.2 Å². The minimum absolute atomic E-state index is 0.113. The van der Waals surface area contributed by atoms with Crippen LogP contribution < -0.4 is 4.74 Å². The summed E-state index contributed by atoms with van der Waals surface area (Å²) in [5.41, 5.74) is 3.60. The molecule has 0 aliphatic carbocycles. The molecule has 4 rings (SSSR count). The van der Waals surface area contributed by atoms with E-state index in [0.29, 0.717) is 22.3 Å². The van der Waals surface area contributed by atoms with E-state index in [9.17, 15) is 13.2 Å². The molecule has 0 bridgehead atoms. The van der Waals surface area contributed by atoms with Crippen molar-refractivity contribution in [3.8, 4) is 28.0 Å². The van der Waals surface area contributed by atoms with E-state index in [2.05, 4.69) is 0 Å². The zero-order chi connectivity index (χ0) is 23.4. The van der Waals surface area contributed by atoms with Crippen molar-refractivity contribution in [3.05, 3.63) is 113 Å². The zero-order valence-corrected chi connectivity index (χ0v) is 17.9. The topological polar surface area (TPSA) is 29.5 Å². The normalized spacial score (nSPS) is 11.2. The summed E-state index contributed by atoms with van der Waals surface area (Å²) >= 11 is 0. The smallest absolute Gasteiger partial charge is 0.167 e. The second-order valence-electron chi connectivity index (χ2n) is 7.49. The lowest BCUT2D eigenvalue weighted by molar-refractivity contribution is 0.282. The van der Waals surface area contributed by atoms with E-state index >= 15 is 0 Å². The van der Waals surface area contributed by atoms with Gasteiger partial charge in [-0.2, -0.15) is 0 Å². The average molecular weight is 446 g/mol. The van der Waals surface area contributed by atoms with Crippen molar-refractivity contribution >= 4 is 12.2 Å². The van der Waals surface area contributed by atoms with Crippen molar-refractivity contribution in [2.45, 2.75) is 6.61 Å². The molecule has 2 nitrogen and oxygen atoms in total. The Morgan fingerprint density at radius 3 is 1.73 bits per heavy atom. The van der Waals surface area contributed by atoms with E-state index in [-0.39, 0.29) is 23.5 Å². The Balaban J connectivity index is 1.56. The summed E-state index contributed by atoms with van der Waals surface area (Å²) in [5.74, 6) is -2.11. The SMILES string of the molecule is COc1ccc(/C=C/c2ccc(-c3ccc(-c4ccc(CO)cc4)c(F)c3F)cc2)cc1F. The van der Waals surface area contributed by atoms with Gasteiger partial charge in [0.05, 0.1) is 13.7 Å². The van der Waals surface area contributed by atoms with Gasteiger partial charge in [0.1, 0.15) is 0 Å². The fourth-order valence-electron chi connectivity index (χ4n) is 3.54. The fraction of sp³-hybridized carbons (Fsp3) is 0.0714. The summed E-state index contributed by atoms with van der Waals surface area (Å²) in [7, 11) is 1.41. The largest absolute Gasteiger partial charge is 0.494 e. The molecule has 0 aromatic heterocycles. The molecule has 0 saturated carbocycles. The van der Waals surface area contributed by atoms with Crippen LogP contribution in [0.4, 0.5) is 13.2 Å². The molecule has 0 atom stereocenters. The maximum absolute atomic E-state index is 14.9. The van der Waals surface area contributed by atoms with Gasteiger partial charge in [0.15, 0.2) is 23.2 Å². The molecule has 0 amide bonds. The number of aliphatic hydroxyl groups is 1. The van der Waals surface area contributed by atoms with Gasteiger partial charge < -0.3 is 9.84 Å². The van der Waals surface area contributed by atoms with Gasteiger partial charge in [0.25, 0.3) is 0 Å². The molecule has 0 fully saturated rings. The Hall–Kier alpha value is -3.83. The number of halogens is 3. The first-order chi connectivity index (χ1) is 16.0. The molecule has 0 radical (unpaired) electrons. The van der Waals surface area contributed by atoms with Gasteiger partial charge >= 0.3 is 0 Å².